The number of hydrogen-bond acceptors (Lipinski definition) is 6. The summed E-state index contributed by atoms with van der Waals surface area (Å²) in [7, 11) is -4.36. The Bertz CT molecular complexity index is 1700. The Morgan fingerprint density at radius 2 is 1.52 bits per heavy atom. The summed E-state index contributed by atoms with van der Waals surface area (Å²) in [5, 5.41) is 14.4. The molecule has 0 radical (unpaired) electrons. The molecule has 4 aromatic carbocycles. The minimum Gasteiger partial charge on any atom is -0.355 e. The van der Waals surface area contributed by atoms with Crippen LogP contribution in [0.15, 0.2) is 119 Å². The number of non-ortho nitro benzene ring substituents is 1. The van der Waals surface area contributed by atoms with E-state index >= 15 is 0 Å². The number of rotatable bonds is 13. The third-order valence-corrected chi connectivity index (χ3v) is 9.14. The van der Waals surface area contributed by atoms with E-state index in [0.717, 1.165) is 26.0 Å². The van der Waals surface area contributed by atoms with Gasteiger partial charge in [-0.25, -0.2) is 8.42 Å². The van der Waals surface area contributed by atoms with Gasteiger partial charge in [0.05, 0.1) is 15.5 Å². The second-order valence-electron chi connectivity index (χ2n) is 9.85. The molecule has 12 heteroatoms. The number of amides is 2. The molecular weight excluding hydrogens is 648 g/mol. The van der Waals surface area contributed by atoms with Gasteiger partial charge in [-0.2, -0.15) is 0 Å². The van der Waals surface area contributed by atoms with Gasteiger partial charge in [-0.1, -0.05) is 82.7 Å². The lowest BCUT2D eigenvalue weighted by Crippen LogP contribution is -2.53. The van der Waals surface area contributed by atoms with Crippen LogP contribution in [0.5, 0.6) is 0 Å². The van der Waals surface area contributed by atoms with Crippen molar-refractivity contribution in [2.24, 2.45) is 0 Å². The molecule has 0 aromatic heterocycles. The molecule has 0 saturated carbocycles. The van der Waals surface area contributed by atoms with Gasteiger partial charge in [-0.05, 0) is 48.4 Å². The third kappa shape index (κ3) is 8.08. The van der Waals surface area contributed by atoms with Crippen LogP contribution in [-0.2, 0) is 32.6 Å². The van der Waals surface area contributed by atoms with Gasteiger partial charge in [0.25, 0.3) is 15.7 Å². The second-order valence-corrected chi connectivity index (χ2v) is 12.6. The Labute approximate surface area is 264 Å². The SMILES string of the molecule is CCNC(=O)[C@H](Cc1ccccc1)N(Cc1ccc(Br)cc1)C(=O)CN(c1cccc([N+](=O)[O-])c1)S(=O)(=O)c1ccccc1. The van der Waals surface area contributed by atoms with E-state index in [1.807, 2.05) is 42.5 Å². The number of likely N-dealkylation sites (N-methyl/N-ethyl adjacent to an activating group) is 1. The highest BCUT2D eigenvalue weighted by Crippen LogP contribution is 2.28. The fourth-order valence-electron chi connectivity index (χ4n) is 4.64. The number of hydrogen-bond donors (Lipinski definition) is 1. The molecule has 0 fully saturated rings. The van der Waals surface area contributed by atoms with E-state index in [2.05, 4.69) is 21.2 Å². The maximum atomic E-state index is 14.3. The first-order valence-corrected chi connectivity index (χ1v) is 16.0. The lowest BCUT2D eigenvalue weighted by atomic mass is 10.0. The van der Waals surface area contributed by atoms with Gasteiger partial charge < -0.3 is 10.2 Å². The van der Waals surface area contributed by atoms with Crippen LogP contribution in [0.25, 0.3) is 0 Å². The molecule has 0 aliphatic rings. The lowest BCUT2D eigenvalue weighted by Gasteiger charge is -2.33. The molecule has 10 nitrogen and oxygen atoms in total. The average molecular weight is 680 g/mol. The van der Waals surface area contributed by atoms with Crippen LogP contribution in [0.2, 0.25) is 0 Å². The molecule has 0 heterocycles. The van der Waals surface area contributed by atoms with Crippen molar-refractivity contribution >= 4 is 49.1 Å². The van der Waals surface area contributed by atoms with Crippen LogP contribution in [0.1, 0.15) is 18.1 Å². The van der Waals surface area contributed by atoms with Gasteiger partial charge in [-0.3, -0.25) is 24.0 Å². The Kier molecular flexibility index (Phi) is 10.9. The maximum Gasteiger partial charge on any atom is 0.271 e. The van der Waals surface area contributed by atoms with E-state index in [4.69, 9.17) is 0 Å². The van der Waals surface area contributed by atoms with Crippen molar-refractivity contribution in [1.29, 1.82) is 0 Å². The van der Waals surface area contributed by atoms with E-state index in [0.29, 0.717) is 6.54 Å². The first-order chi connectivity index (χ1) is 21.1. The predicted octanol–water partition coefficient (Wildman–Crippen LogP) is 5.33. The minimum atomic E-state index is -4.36. The number of carbonyl (C=O) groups is 2. The largest absolute Gasteiger partial charge is 0.355 e. The molecule has 0 unspecified atom stereocenters. The van der Waals surface area contributed by atoms with E-state index in [1.165, 1.54) is 35.2 Å². The van der Waals surface area contributed by atoms with Crippen molar-refractivity contribution in [2.45, 2.75) is 30.8 Å². The summed E-state index contributed by atoms with van der Waals surface area (Å²) in [5.41, 5.74) is 1.14. The normalized spacial score (nSPS) is 11.8. The summed E-state index contributed by atoms with van der Waals surface area (Å²) in [6.45, 7) is 1.40. The first kappa shape index (κ1) is 32.4. The zero-order chi connectivity index (χ0) is 31.7. The molecule has 44 heavy (non-hydrogen) atoms. The quantitative estimate of drug-likeness (QED) is 0.150. The van der Waals surface area contributed by atoms with Crippen LogP contribution in [0, 0.1) is 10.1 Å². The van der Waals surface area contributed by atoms with Crippen molar-refractivity contribution in [2.75, 3.05) is 17.4 Å². The highest BCUT2D eigenvalue weighted by atomic mass is 79.9. The smallest absolute Gasteiger partial charge is 0.271 e. The highest BCUT2D eigenvalue weighted by Gasteiger charge is 2.34. The summed E-state index contributed by atoms with van der Waals surface area (Å²) >= 11 is 3.41. The molecule has 0 aliphatic heterocycles. The molecule has 0 spiro atoms. The summed E-state index contributed by atoms with van der Waals surface area (Å²) < 4.78 is 29.6. The zero-order valence-electron chi connectivity index (χ0n) is 23.9. The predicted molar refractivity (Wildman–Crippen MR) is 171 cm³/mol. The Morgan fingerprint density at radius 1 is 0.886 bits per heavy atom. The second kappa shape index (κ2) is 14.8. The molecule has 4 rings (SSSR count). The topological polar surface area (TPSA) is 130 Å². The summed E-state index contributed by atoms with van der Waals surface area (Å²) in [6, 6.07) is 28.1. The lowest BCUT2D eigenvalue weighted by molar-refractivity contribution is -0.384. The Balaban J connectivity index is 1.81. The number of nitrogens with zero attached hydrogens (tertiary/aromatic N) is 3. The molecule has 4 aromatic rings. The van der Waals surface area contributed by atoms with Crippen molar-refractivity contribution in [3.8, 4) is 0 Å². The summed E-state index contributed by atoms with van der Waals surface area (Å²) in [4.78, 5) is 40.0. The molecule has 0 bridgehead atoms. The van der Waals surface area contributed by atoms with E-state index in [9.17, 15) is 28.1 Å². The number of sulfonamides is 1. The monoisotopic (exact) mass is 678 g/mol. The molecule has 2 amide bonds. The first-order valence-electron chi connectivity index (χ1n) is 13.8. The average Bonchev–Trinajstić information content (AvgIpc) is 3.03. The molecule has 0 saturated heterocycles. The number of benzene rings is 4. The standard InChI is InChI=1S/C32H31BrN4O6S/c1-2-34-32(39)30(20-24-10-5-3-6-11-24)35(22-25-16-18-26(33)19-17-25)31(38)23-36(27-12-9-13-28(21-27)37(40)41)44(42,43)29-14-7-4-8-15-29/h3-19,21,30H,2,20,22-23H2,1H3,(H,34,39)/t30-/m0/s1. The van der Waals surface area contributed by atoms with Crippen LogP contribution in [0.3, 0.4) is 0 Å². The maximum absolute atomic E-state index is 14.3. The number of nitro benzene ring substituents is 1. The van der Waals surface area contributed by atoms with Crippen molar-refractivity contribution in [3.63, 3.8) is 0 Å². The van der Waals surface area contributed by atoms with Gasteiger partial charge in [-0.15, -0.1) is 0 Å². The molecular formula is C32H31BrN4O6S. The van der Waals surface area contributed by atoms with Gasteiger partial charge in [0.2, 0.25) is 11.8 Å². The molecule has 0 aliphatic carbocycles. The van der Waals surface area contributed by atoms with E-state index in [-0.39, 0.29) is 29.2 Å². The number of halogens is 1. The molecule has 228 valence electrons. The zero-order valence-corrected chi connectivity index (χ0v) is 26.3. The van der Waals surface area contributed by atoms with Crippen LogP contribution in [0.4, 0.5) is 11.4 Å². The number of anilines is 1. The van der Waals surface area contributed by atoms with Gasteiger partial charge >= 0.3 is 0 Å². The fraction of sp³-hybridized carbons (Fsp3) is 0.188. The number of nitro groups is 1. The highest BCUT2D eigenvalue weighted by molar-refractivity contribution is 9.10. The van der Waals surface area contributed by atoms with E-state index < -0.39 is 39.3 Å². The van der Waals surface area contributed by atoms with Crippen LogP contribution in [-0.4, -0.2) is 49.2 Å². The third-order valence-electron chi connectivity index (χ3n) is 6.83. The summed E-state index contributed by atoms with van der Waals surface area (Å²) in [5.74, 6) is -1.05. The Morgan fingerprint density at radius 3 is 2.14 bits per heavy atom. The molecule has 1 N–H and O–H groups in total. The van der Waals surface area contributed by atoms with E-state index in [1.54, 1.807) is 37.3 Å². The Hall–Kier alpha value is -4.55. The van der Waals surface area contributed by atoms with Crippen molar-refractivity contribution in [1.82, 2.24) is 10.2 Å². The van der Waals surface area contributed by atoms with Crippen LogP contribution >= 0.6 is 15.9 Å². The molecule has 1 atom stereocenters. The number of carbonyl (C=O) groups excluding carboxylic acids is 2. The van der Waals surface area contributed by atoms with Gasteiger partial charge in [0.15, 0.2) is 0 Å². The number of nitrogens with one attached hydrogen (secondary N) is 1. The fourth-order valence-corrected chi connectivity index (χ4v) is 6.33. The summed E-state index contributed by atoms with van der Waals surface area (Å²) in [6.07, 6.45) is 0.178. The minimum absolute atomic E-state index is 0.00884. The van der Waals surface area contributed by atoms with Crippen molar-refractivity contribution < 1.29 is 22.9 Å². The van der Waals surface area contributed by atoms with Gasteiger partial charge in [0.1, 0.15) is 12.6 Å². The van der Waals surface area contributed by atoms with Crippen LogP contribution < -0.4 is 9.62 Å². The van der Waals surface area contributed by atoms with Gasteiger partial charge in [0, 0.05) is 36.1 Å². The van der Waals surface area contributed by atoms with Crippen molar-refractivity contribution in [3.05, 3.63) is 135 Å².